The van der Waals surface area contributed by atoms with Crippen LogP contribution in [0.5, 0.6) is 0 Å². The molecule has 0 spiro atoms. The highest BCUT2D eigenvalue weighted by Gasteiger charge is 2.20. The summed E-state index contributed by atoms with van der Waals surface area (Å²) in [5, 5.41) is 3.42. The average Bonchev–Trinajstić information content (AvgIpc) is 2.43. The summed E-state index contributed by atoms with van der Waals surface area (Å²) < 4.78 is 0.716. The summed E-state index contributed by atoms with van der Waals surface area (Å²) in [5.41, 5.74) is 7.02. The Kier molecular flexibility index (Phi) is 4.60. The van der Waals surface area contributed by atoms with Crippen molar-refractivity contribution < 1.29 is 0 Å². The maximum Gasteiger partial charge on any atom is 0.146 e. The Labute approximate surface area is 128 Å². The van der Waals surface area contributed by atoms with E-state index in [1.54, 1.807) is 0 Å². The van der Waals surface area contributed by atoms with Gasteiger partial charge in [0.05, 0.1) is 0 Å². The number of aromatic nitrogens is 2. The molecule has 0 radical (unpaired) electrons. The third-order valence-electron chi connectivity index (χ3n) is 3.15. The molecule has 0 saturated heterocycles. The van der Waals surface area contributed by atoms with Crippen molar-refractivity contribution in [2.75, 3.05) is 11.1 Å². The number of nitrogens with one attached hydrogen (secondary N) is 1. The Morgan fingerprint density at radius 2 is 1.90 bits per heavy atom. The van der Waals surface area contributed by atoms with E-state index in [1.807, 2.05) is 6.07 Å². The van der Waals surface area contributed by atoms with E-state index in [9.17, 15) is 0 Å². The highest BCUT2D eigenvalue weighted by molar-refractivity contribution is 9.10. The van der Waals surface area contributed by atoms with Crippen LogP contribution >= 0.6 is 15.9 Å². The van der Waals surface area contributed by atoms with Gasteiger partial charge in [-0.1, -0.05) is 30.3 Å². The van der Waals surface area contributed by atoms with E-state index in [4.69, 9.17) is 5.73 Å². The molecule has 0 aliphatic carbocycles. The van der Waals surface area contributed by atoms with Crippen LogP contribution in [0.3, 0.4) is 0 Å². The summed E-state index contributed by atoms with van der Waals surface area (Å²) in [6, 6.07) is 10.5. The SMILES string of the molecule is CC(C)(CCc1ccccc1)Nc1ncnc(N)c1Br. The molecule has 1 aromatic heterocycles. The highest BCUT2D eigenvalue weighted by Crippen LogP contribution is 2.28. The number of anilines is 2. The van der Waals surface area contributed by atoms with Crippen molar-refractivity contribution in [3.8, 4) is 0 Å². The first-order valence-corrected chi connectivity index (χ1v) is 7.35. The molecule has 0 aliphatic rings. The smallest absolute Gasteiger partial charge is 0.146 e. The van der Waals surface area contributed by atoms with Crippen LogP contribution in [0.2, 0.25) is 0 Å². The fraction of sp³-hybridized carbons (Fsp3) is 0.333. The third-order valence-corrected chi connectivity index (χ3v) is 3.94. The van der Waals surface area contributed by atoms with Gasteiger partial charge in [-0.15, -0.1) is 0 Å². The van der Waals surface area contributed by atoms with Crippen molar-refractivity contribution in [3.05, 3.63) is 46.7 Å². The van der Waals surface area contributed by atoms with Gasteiger partial charge in [0.15, 0.2) is 0 Å². The van der Waals surface area contributed by atoms with Gasteiger partial charge >= 0.3 is 0 Å². The second-order valence-corrected chi connectivity index (χ2v) is 6.21. The van der Waals surface area contributed by atoms with Crippen molar-refractivity contribution >= 4 is 27.6 Å². The van der Waals surface area contributed by atoms with Crippen LogP contribution in [0.25, 0.3) is 0 Å². The Morgan fingerprint density at radius 1 is 1.20 bits per heavy atom. The van der Waals surface area contributed by atoms with E-state index in [2.05, 4.69) is 69.3 Å². The van der Waals surface area contributed by atoms with E-state index in [0.29, 0.717) is 10.3 Å². The zero-order valence-electron chi connectivity index (χ0n) is 11.7. The van der Waals surface area contributed by atoms with Gasteiger partial charge in [-0.3, -0.25) is 0 Å². The van der Waals surface area contributed by atoms with Gasteiger partial charge in [0, 0.05) is 5.54 Å². The molecule has 4 nitrogen and oxygen atoms in total. The second kappa shape index (κ2) is 6.22. The molecule has 0 unspecified atom stereocenters. The Bertz CT molecular complexity index is 569. The van der Waals surface area contributed by atoms with Gasteiger partial charge in [0.25, 0.3) is 0 Å². The number of benzene rings is 1. The van der Waals surface area contributed by atoms with Gasteiger partial charge < -0.3 is 11.1 Å². The molecule has 3 N–H and O–H groups in total. The van der Waals surface area contributed by atoms with Crippen molar-refractivity contribution in [1.29, 1.82) is 0 Å². The summed E-state index contributed by atoms with van der Waals surface area (Å²) >= 11 is 3.42. The van der Waals surface area contributed by atoms with Crippen LogP contribution in [-0.4, -0.2) is 15.5 Å². The van der Waals surface area contributed by atoms with E-state index in [-0.39, 0.29) is 5.54 Å². The molecule has 0 saturated carbocycles. The third kappa shape index (κ3) is 3.93. The number of aryl methyl sites for hydroxylation is 1. The lowest BCUT2D eigenvalue weighted by atomic mass is 9.95. The van der Waals surface area contributed by atoms with Crippen LogP contribution < -0.4 is 11.1 Å². The maximum absolute atomic E-state index is 5.77. The molecule has 0 bridgehead atoms. The summed E-state index contributed by atoms with van der Waals surface area (Å²) in [5.74, 6) is 1.18. The molecular formula is C15H19BrN4. The number of hydrogen-bond acceptors (Lipinski definition) is 4. The molecule has 0 aliphatic heterocycles. The number of nitrogens with zero attached hydrogens (tertiary/aromatic N) is 2. The first-order chi connectivity index (χ1) is 9.48. The molecule has 1 aromatic carbocycles. The average molecular weight is 335 g/mol. The van der Waals surface area contributed by atoms with E-state index < -0.39 is 0 Å². The number of halogens is 1. The Morgan fingerprint density at radius 3 is 2.60 bits per heavy atom. The standard InChI is InChI=1S/C15H19BrN4/c1-15(2,9-8-11-6-4-3-5-7-11)20-14-12(16)13(17)18-10-19-14/h3-7,10H,8-9H2,1-2H3,(H3,17,18,19,20). The zero-order chi connectivity index (χ0) is 14.6. The summed E-state index contributed by atoms with van der Waals surface area (Å²) in [7, 11) is 0. The van der Waals surface area contributed by atoms with E-state index in [0.717, 1.165) is 18.7 Å². The topological polar surface area (TPSA) is 63.8 Å². The molecule has 2 aromatic rings. The second-order valence-electron chi connectivity index (χ2n) is 5.42. The molecule has 20 heavy (non-hydrogen) atoms. The van der Waals surface area contributed by atoms with Crippen LogP contribution in [0.15, 0.2) is 41.1 Å². The van der Waals surface area contributed by atoms with Crippen molar-refractivity contribution in [2.45, 2.75) is 32.2 Å². The lowest BCUT2D eigenvalue weighted by Crippen LogP contribution is -2.32. The minimum absolute atomic E-state index is 0.0842. The fourth-order valence-electron chi connectivity index (χ4n) is 1.96. The van der Waals surface area contributed by atoms with Gasteiger partial charge in [0.2, 0.25) is 0 Å². The predicted octanol–water partition coefficient (Wildman–Crippen LogP) is 3.64. The van der Waals surface area contributed by atoms with Crippen molar-refractivity contribution in [1.82, 2.24) is 9.97 Å². The summed E-state index contributed by atoms with van der Waals surface area (Å²) in [6.07, 6.45) is 3.47. The minimum atomic E-state index is -0.0842. The largest absolute Gasteiger partial charge is 0.383 e. The summed E-state index contributed by atoms with van der Waals surface area (Å²) in [6.45, 7) is 4.31. The molecule has 0 fully saturated rings. The molecule has 5 heteroatoms. The minimum Gasteiger partial charge on any atom is -0.383 e. The lowest BCUT2D eigenvalue weighted by Gasteiger charge is -2.27. The molecule has 1 heterocycles. The van der Waals surface area contributed by atoms with Crippen LogP contribution in [-0.2, 0) is 6.42 Å². The highest BCUT2D eigenvalue weighted by atomic mass is 79.9. The first kappa shape index (κ1) is 14.8. The van der Waals surface area contributed by atoms with E-state index >= 15 is 0 Å². The zero-order valence-corrected chi connectivity index (χ0v) is 13.3. The van der Waals surface area contributed by atoms with Gasteiger partial charge in [-0.05, 0) is 48.2 Å². The molecule has 0 atom stereocenters. The van der Waals surface area contributed by atoms with Crippen molar-refractivity contribution in [2.24, 2.45) is 0 Å². The number of nitrogens with two attached hydrogens (primary N) is 1. The van der Waals surface area contributed by atoms with Gasteiger partial charge in [-0.2, -0.15) is 0 Å². The van der Waals surface area contributed by atoms with Crippen LogP contribution in [0.1, 0.15) is 25.8 Å². The fourth-order valence-corrected chi connectivity index (χ4v) is 2.26. The van der Waals surface area contributed by atoms with E-state index in [1.165, 1.54) is 11.9 Å². The van der Waals surface area contributed by atoms with Crippen LogP contribution in [0, 0.1) is 0 Å². The van der Waals surface area contributed by atoms with Crippen LogP contribution in [0.4, 0.5) is 11.6 Å². The van der Waals surface area contributed by atoms with Gasteiger partial charge in [0.1, 0.15) is 22.4 Å². The molecule has 2 rings (SSSR count). The molecule has 0 amide bonds. The van der Waals surface area contributed by atoms with Crippen molar-refractivity contribution in [3.63, 3.8) is 0 Å². The maximum atomic E-state index is 5.77. The molecule has 106 valence electrons. The monoisotopic (exact) mass is 334 g/mol. The molecular weight excluding hydrogens is 316 g/mol. The Hall–Kier alpha value is -1.62. The predicted molar refractivity (Wildman–Crippen MR) is 86.6 cm³/mol. The number of hydrogen-bond donors (Lipinski definition) is 2. The van der Waals surface area contributed by atoms with Gasteiger partial charge in [-0.25, -0.2) is 9.97 Å². The quantitative estimate of drug-likeness (QED) is 0.876. The normalized spacial score (nSPS) is 11.3. The first-order valence-electron chi connectivity index (χ1n) is 6.56. The number of rotatable bonds is 5. The summed E-state index contributed by atoms with van der Waals surface area (Å²) in [4.78, 5) is 8.17. The Balaban J connectivity index is 2.02. The lowest BCUT2D eigenvalue weighted by molar-refractivity contribution is 0.516. The number of nitrogen functional groups attached to an aromatic ring is 1.